The average molecular weight is 385 g/mol. The van der Waals surface area contributed by atoms with Gasteiger partial charge in [0.2, 0.25) is 0 Å². The van der Waals surface area contributed by atoms with E-state index in [1.807, 2.05) is 12.3 Å². The van der Waals surface area contributed by atoms with E-state index in [9.17, 15) is 18.0 Å². The lowest BCUT2D eigenvalue weighted by Crippen LogP contribution is -2.31. The van der Waals surface area contributed by atoms with Gasteiger partial charge < -0.3 is 4.90 Å². The van der Waals surface area contributed by atoms with Crippen LogP contribution in [-0.2, 0) is 22.3 Å². The van der Waals surface area contributed by atoms with Gasteiger partial charge in [0.25, 0.3) is 0 Å². The highest BCUT2D eigenvalue weighted by Gasteiger charge is 2.32. The van der Waals surface area contributed by atoms with Gasteiger partial charge in [-0.15, -0.1) is 11.3 Å². The van der Waals surface area contributed by atoms with Gasteiger partial charge in [0.15, 0.2) is 5.13 Å². The highest BCUT2D eigenvalue weighted by atomic mass is 32.1. The lowest BCUT2D eigenvalue weighted by atomic mass is 10.1. The van der Waals surface area contributed by atoms with E-state index < -0.39 is 11.7 Å². The third kappa shape index (κ3) is 4.68. The van der Waals surface area contributed by atoms with Gasteiger partial charge in [-0.2, -0.15) is 22.8 Å². The Hall–Kier alpha value is -2.71. The van der Waals surface area contributed by atoms with Crippen LogP contribution in [0.15, 0.2) is 29.6 Å². The first kappa shape index (κ1) is 19.6. The van der Waals surface area contributed by atoms with Gasteiger partial charge in [0, 0.05) is 25.0 Å². The molecule has 1 aromatic heterocycles. The van der Waals surface area contributed by atoms with Crippen LogP contribution in [0.25, 0.3) is 0 Å². The van der Waals surface area contributed by atoms with E-state index in [0.29, 0.717) is 23.8 Å². The Balaban J connectivity index is 0.000000758. The number of carbonyl (C=O) groups is 1. The van der Waals surface area contributed by atoms with E-state index in [0.717, 1.165) is 17.8 Å². The summed E-state index contributed by atoms with van der Waals surface area (Å²) in [4.78, 5) is 36.1. The molecule has 1 saturated heterocycles. The molecule has 0 aliphatic carbocycles. The van der Waals surface area contributed by atoms with E-state index in [1.165, 1.54) is 23.5 Å². The van der Waals surface area contributed by atoms with Crippen LogP contribution in [0.3, 0.4) is 0 Å². The molecule has 2 heterocycles. The summed E-state index contributed by atoms with van der Waals surface area (Å²) in [5, 5.41) is 2.53. The number of anilines is 1. The van der Waals surface area contributed by atoms with Crippen LogP contribution < -0.4 is 4.90 Å². The van der Waals surface area contributed by atoms with Crippen molar-refractivity contribution in [3.05, 3.63) is 46.5 Å². The Kier molecular flexibility index (Phi) is 6.12. The molecule has 138 valence electrons. The number of aromatic nitrogens is 1. The molecule has 0 spiro atoms. The molecule has 2 aromatic rings. The number of nitrogens with zero attached hydrogens (tertiary/aromatic N) is 3. The summed E-state index contributed by atoms with van der Waals surface area (Å²) in [6.45, 7) is 3.21. The molecule has 1 aliphatic heterocycles. The maximum Gasteiger partial charge on any atom is 0.416 e. The van der Waals surface area contributed by atoms with Gasteiger partial charge in [-0.05, 0) is 24.6 Å². The third-order valence-corrected chi connectivity index (χ3v) is 4.57. The number of thiazole rings is 1. The quantitative estimate of drug-likeness (QED) is 0.813. The maximum atomic E-state index is 12.6. The molecule has 0 unspecified atom stereocenters. The second kappa shape index (κ2) is 8.11. The molecule has 26 heavy (non-hydrogen) atoms. The minimum atomic E-state index is -4.35. The van der Waals surface area contributed by atoms with Gasteiger partial charge in [-0.3, -0.25) is 4.90 Å². The molecule has 1 fully saturated rings. The van der Waals surface area contributed by atoms with Crippen molar-refractivity contribution in [2.24, 2.45) is 0 Å². The van der Waals surface area contributed by atoms with Crippen LogP contribution in [0.5, 0.6) is 0 Å². The fourth-order valence-electron chi connectivity index (χ4n) is 2.39. The van der Waals surface area contributed by atoms with Crippen molar-refractivity contribution in [2.75, 3.05) is 18.0 Å². The van der Waals surface area contributed by atoms with Crippen LogP contribution in [0, 0.1) is 6.92 Å². The van der Waals surface area contributed by atoms with E-state index in [1.54, 1.807) is 9.80 Å². The monoisotopic (exact) mass is 385 g/mol. The molecule has 3 rings (SSSR count). The number of carbonyl (C=O) groups excluding carboxylic acids is 3. The van der Waals surface area contributed by atoms with Crippen LogP contribution in [0.2, 0.25) is 0 Å². The van der Waals surface area contributed by atoms with Crippen molar-refractivity contribution in [2.45, 2.75) is 19.6 Å². The SMILES string of the molecule is Cc1csc(N2CCN(Cc3ccc(C(F)(F)F)cc3)C2=O)n1.O=C=O. The molecule has 0 N–H and O–H groups in total. The zero-order valence-corrected chi connectivity index (χ0v) is 14.4. The second-order valence-electron chi connectivity index (χ2n) is 5.41. The zero-order valence-electron chi connectivity index (χ0n) is 13.6. The highest BCUT2D eigenvalue weighted by Crippen LogP contribution is 2.30. The standard InChI is InChI=1S/C15H14F3N3OS.CO2/c1-10-9-23-13(19-10)21-7-6-20(14(21)22)8-11-2-4-12(5-3-11)15(16,17)18;2-1-3/h2-5,9H,6-8H2,1H3;. The number of aryl methyl sites for hydroxylation is 1. The normalized spacial score (nSPS) is 14.1. The molecular weight excluding hydrogens is 371 g/mol. The van der Waals surface area contributed by atoms with Gasteiger partial charge in [-0.1, -0.05) is 12.1 Å². The maximum absolute atomic E-state index is 12.6. The van der Waals surface area contributed by atoms with Crippen LogP contribution in [0.1, 0.15) is 16.8 Å². The lowest BCUT2D eigenvalue weighted by Gasteiger charge is -2.17. The Bertz CT molecular complexity index is 799. The predicted octanol–water partition coefficient (Wildman–Crippen LogP) is 3.33. The number of halogens is 3. The van der Waals surface area contributed by atoms with E-state index >= 15 is 0 Å². The molecule has 0 bridgehead atoms. The number of urea groups is 1. The lowest BCUT2D eigenvalue weighted by molar-refractivity contribution is -0.191. The van der Waals surface area contributed by atoms with E-state index in [2.05, 4.69) is 4.98 Å². The van der Waals surface area contributed by atoms with Gasteiger partial charge >= 0.3 is 18.4 Å². The number of alkyl halides is 3. The average Bonchev–Trinajstić information content (AvgIpc) is 3.14. The summed E-state index contributed by atoms with van der Waals surface area (Å²) in [7, 11) is 0. The highest BCUT2D eigenvalue weighted by molar-refractivity contribution is 7.14. The van der Waals surface area contributed by atoms with Crippen LogP contribution in [0.4, 0.5) is 23.1 Å². The smallest absolute Gasteiger partial charge is 0.318 e. The Labute approximate surface area is 150 Å². The summed E-state index contributed by atoms with van der Waals surface area (Å²) < 4.78 is 37.7. The molecule has 0 saturated carbocycles. The van der Waals surface area contributed by atoms with E-state index in [-0.39, 0.29) is 18.7 Å². The number of benzene rings is 1. The van der Waals surface area contributed by atoms with Crippen molar-refractivity contribution in [3.8, 4) is 0 Å². The Morgan fingerprint density at radius 1 is 1.19 bits per heavy atom. The predicted molar refractivity (Wildman–Crippen MR) is 86.5 cm³/mol. The first-order chi connectivity index (χ1) is 12.3. The second-order valence-corrected chi connectivity index (χ2v) is 6.24. The summed E-state index contributed by atoms with van der Waals surface area (Å²) in [6.07, 6.45) is -4.10. The summed E-state index contributed by atoms with van der Waals surface area (Å²) in [6, 6.07) is 4.73. The molecule has 0 atom stereocenters. The summed E-state index contributed by atoms with van der Waals surface area (Å²) in [5.74, 6) is 0. The van der Waals surface area contributed by atoms with Crippen molar-refractivity contribution < 1.29 is 27.6 Å². The third-order valence-electron chi connectivity index (χ3n) is 3.59. The van der Waals surface area contributed by atoms with Crippen molar-refractivity contribution in [3.63, 3.8) is 0 Å². The largest absolute Gasteiger partial charge is 0.416 e. The minimum Gasteiger partial charge on any atom is -0.318 e. The molecule has 10 heteroatoms. The summed E-state index contributed by atoms with van der Waals surface area (Å²) in [5.41, 5.74) is 0.844. The van der Waals surface area contributed by atoms with Crippen LogP contribution >= 0.6 is 11.3 Å². The van der Waals surface area contributed by atoms with Gasteiger partial charge in [0.1, 0.15) is 0 Å². The number of rotatable bonds is 3. The van der Waals surface area contributed by atoms with Crippen molar-refractivity contribution in [1.82, 2.24) is 9.88 Å². The first-order valence-electron chi connectivity index (χ1n) is 7.40. The summed E-state index contributed by atoms with van der Waals surface area (Å²) >= 11 is 1.41. The zero-order chi connectivity index (χ0) is 19.3. The molecule has 6 nitrogen and oxygen atoms in total. The van der Waals surface area contributed by atoms with Crippen LogP contribution in [-0.4, -0.2) is 35.2 Å². The number of hydrogen-bond acceptors (Lipinski definition) is 5. The molecule has 1 aromatic carbocycles. The Morgan fingerprint density at radius 2 is 1.81 bits per heavy atom. The minimum absolute atomic E-state index is 0.167. The molecule has 1 aliphatic rings. The van der Waals surface area contributed by atoms with Crippen molar-refractivity contribution >= 4 is 28.7 Å². The topological polar surface area (TPSA) is 70.6 Å². The van der Waals surface area contributed by atoms with Gasteiger partial charge in [-0.25, -0.2) is 9.78 Å². The number of amides is 2. The first-order valence-corrected chi connectivity index (χ1v) is 8.28. The fourth-order valence-corrected chi connectivity index (χ4v) is 3.21. The Morgan fingerprint density at radius 3 is 2.31 bits per heavy atom. The number of hydrogen-bond donors (Lipinski definition) is 0. The van der Waals surface area contributed by atoms with Gasteiger partial charge in [0.05, 0.1) is 11.3 Å². The molecule has 0 radical (unpaired) electrons. The molecule has 2 amide bonds. The van der Waals surface area contributed by atoms with Crippen molar-refractivity contribution in [1.29, 1.82) is 0 Å². The molecular formula is C16H14F3N3O3S. The van der Waals surface area contributed by atoms with E-state index in [4.69, 9.17) is 9.59 Å². The fraction of sp³-hybridized carbons (Fsp3) is 0.312.